The Morgan fingerprint density at radius 2 is 2.00 bits per heavy atom. The smallest absolute Gasteiger partial charge is 0.363 e. The molecular weight excluding hydrogens is 295 g/mol. The highest BCUT2D eigenvalue weighted by atomic mass is 35.5. The summed E-state index contributed by atoms with van der Waals surface area (Å²) in [5.74, 6) is -2.28. The molecule has 0 aromatic heterocycles. The van der Waals surface area contributed by atoms with Gasteiger partial charge >= 0.3 is 12.1 Å². The molecule has 106 valence electrons. The van der Waals surface area contributed by atoms with Crippen LogP contribution in [0.4, 0.5) is 13.2 Å². The van der Waals surface area contributed by atoms with E-state index in [1.807, 2.05) is 11.5 Å². The second-order valence-corrected chi connectivity index (χ2v) is 4.43. The van der Waals surface area contributed by atoms with Gasteiger partial charge in [0.05, 0.1) is 6.54 Å². The highest BCUT2D eigenvalue weighted by molar-refractivity contribution is 6.31. The maximum Gasteiger partial charge on any atom is 0.492 e. The van der Waals surface area contributed by atoms with Crippen molar-refractivity contribution >= 4 is 28.3 Å². The van der Waals surface area contributed by atoms with Crippen molar-refractivity contribution < 1.29 is 22.8 Å². The molecular formula is C13H9ClF3NO2. The van der Waals surface area contributed by atoms with Gasteiger partial charge in [-0.15, -0.1) is 5.48 Å². The molecule has 2 aromatic rings. The van der Waals surface area contributed by atoms with Crippen molar-refractivity contribution in [1.29, 1.82) is 0 Å². The Labute approximate surface area is 117 Å². The van der Waals surface area contributed by atoms with Gasteiger partial charge < -0.3 is 4.84 Å². The Morgan fingerprint density at radius 1 is 1.25 bits per heavy atom. The zero-order valence-electron chi connectivity index (χ0n) is 10.00. The lowest BCUT2D eigenvalue weighted by atomic mass is 10.0. The van der Waals surface area contributed by atoms with Crippen LogP contribution >= 0.6 is 11.6 Å². The van der Waals surface area contributed by atoms with E-state index in [2.05, 4.69) is 4.84 Å². The van der Waals surface area contributed by atoms with E-state index >= 15 is 0 Å². The molecule has 0 aliphatic carbocycles. The van der Waals surface area contributed by atoms with E-state index in [0.29, 0.717) is 10.6 Å². The fraction of sp³-hybridized carbons (Fsp3) is 0.154. The van der Waals surface area contributed by atoms with Gasteiger partial charge in [-0.05, 0) is 28.5 Å². The number of carbonyl (C=O) groups excluding carboxylic acids is 1. The van der Waals surface area contributed by atoms with Crippen molar-refractivity contribution in [3.05, 3.63) is 47.0 Å². The van der Waals surface area contributed by atoms with Gasteiger partial charge in [-0.25, -0.2) is 4.79 Å². The normalized spacial score (nSPS) is 11.6. The molecule has 0 bridgehead atoms. The lowest BCUT2D eigenvalue weighted by molar-refractivity contribution is -0.207. The van der Waals surface area contributed by atoms with Crippen LogP contribution in [-0.4, -0.2) is 12.1 Å². The number of fused-ring (bicyclic) bond motifs is 1. The molecule has 20 heavy (non-hydrogen) atoms. The number of hydroxylamine groups is 1. The van der Waals surface area contributed by atoms with Crippen LogP contribution in [0.2, 0.25) is 5.02 Å². The predicted molar refractivity (Wildman–Crippen MR) is 67.9 cm³/mol. The summed E-state index contributed by atoms with van der Waals surface area (Å²) in [6, 6.07) is 10.4. The van der Waals surface area contributed by atoms with E-state index in [1.165, 1.54) is 0 Å². The van der Waals surface area contributed by atoms with Gasteiger partial charge in [-0.1, -0.05) is 35.9 Å². The molecule has 0 spiro atoms. The number of halogens is 4. The number of hydrogen-bond acceptors (Lipinski definition) is 3. The maximum atomic E-state index is 11.9. The summed E-state index contributed by atoms with van der Waals surface area (Å²) in [5, 5.41) is 2.22. The molecule has 2 aromatic carbocycles. The fourth-order valence-electron chi connectivity index (χ4n) is 1.71. The third kappa shape index (κ3) is 3.40. The number of alkyl halides is 3. The molecule has 0 aliphatic rings. The zero-order valence-corrected chi connectivity index (χ0v) is 10.8. The minimum Gasteiger partial charge on any atom is -0.363 e. The van der Waals surface area contributed by atoms with E-state index in [4.69, 9.17) is 11.6 Å². The zero-order chi connectivity index (χ0) is 14.8. The quantitative estimate of drug-likeness (QED) is 0.880. The Morgan fingerprint density at radius 3 is 2.70 bits per heavy atom. The topological polar surface area (TPSA) is 38.3 Å². The summed E-state index contributed by atoms with van der Waals surface area (Å²) < 4.78 is 35.8. The van der Waals surface area contributed by atoms with Crippen molar-refractivity contribution in [2.24, 2.45) is 0 Å². The van der Waals surface area contributed by atoms with Gasteiger partial charge in [0.2, 0.25) is 0 Å². The lowest BCUT2D eigenvalue weighted by Gasteiger charge is -2.10. The molecule has 0 unspecified atom stereocenters. The molecule has 0 saturated carbocycles. The first-order chi connectivity index (χ1) is 9.38. The summed E-state index contributed by atoms with van der Waals surface area (Å²) in [6.45, 7) is -0.0409. The van der Waals surface area contributed by atoms with Crippen molar-refractivity contribution in [3.8, 4) is 0 Å². The van der Waals surface area contributed by atoms with E-state index in [-0.39, 0.29) is 6.54 Å². The first-order valence-electron chi connectivity index (χ1n) is 5.56. The van der Waals surface area contributed by atoms with Crippen LogP contribution in [-0.2, 0) is 16.2 Å². The van der Waals surface area contributed by atoms with Gasteiger partial charge in [0.1, 0.15) is 0 Å². The number of nitrogens with one attached hydrogen (secondary N) is 1. The van der Waals surface area contributed by atoms with E-state index in [1.54, 1.807) is 30.3 Å². The molecule has 0 saturated heterocycles. The third-order valence-electron chi connectivity index (χ3n) is 2.59. The van der Waals surface area contributed by atoms with E-state index < -0.39 is 12.1 Å². The summed E-state index contributed by atoms with van der Waals surface area (Å²) in [6.07, 6.45) is -5.01. The minimum atomic E-state index is -5.01. The first-order valence-corrected chi connectivity index (χ1v) is 5.94. The number of carbonyl (C=O) groups is 1. The Bertz CT molecular complexity index is 643. The minimum absolute atomic E-state index is 0.0409. The van der Waals surface area contributed by atoms with Crippen LogP contribution < -0.4 is 5.48 Å². The van der Waals surface area contributed by atoms with Gasteiger partial charge in [-0.2, -0.15) is 13.2 Å². The van der Waals surface area contributed by atoms with Gasteiger partial charge in [0, 0.05) is 5.02 Å². The Kier molecular flexibility index (Phi) is 4.15. The second-order valence-electron chi connectivity index (χ2n) is 3.99. The maximum absolute atomic E-state index is 11.9. The van der Waals surface area contributed by atoms with Gasteiger partial charge in [-0.3, -0.25) is 0 Å². The van der Waals surface area contributed by atoms with Gasteiger partial charge in [0.25, 0.3) is 0 Å². The number of benzene rings is 2. The highest BCUT2D eigenvalue weighted by Gasteiger charge is 2.41. The SMILES string of the molecule is O=C(ONCc1cccc2cc(Cl)ccc12)C(F)(F)F. The summed E-state index contributed by atoms with van der Waals surface area (Å²) >= 11 is 5.86. The average molecular weight is 304 g/mol. The van der Waals surface area contributed by atoms with Crippen molar-refractivity contribution in [1.82, 2.24) is 5.48 Å². The molecule has 2 rings (SSSR count). The van der Waals surface area contributed by atoms with E-state index in [0.717, 1.165) is 10.8 Å². The molecule has 0 aliphatic heterocycles. The molecule has 7 heteroatoms. The molecule has 0 radical (unpaired) electrons. The summed E-state index contributed by atoms with van der Waals surface area (Å²) in [4.78, 5) is 14.5. The van der Waals surface area contributed by atoms with Crippen molar-refractivity contribution in [2.75, 3.05) is 0 Å². The van der Waals surface area contributed by atoms with Crippen LogP contribution in [0.25, 0.3) is 10.8 Å². The van der Waals surface area contributed by atoms with Crippen LogP contribution in [0.5, 0.6) is 0 Å². The molecule has 1 N–H and O–H groups in total. The Hall–Kier alpha value is -1.79. The van der Waals surface area contributed by atoms with Crippen molar-refractivity contribution in [3.63, 3.8) is 0 Å². The molecule has 0 heterocycles. The standard InChI is InChI=1S/C13H9ClF3NO2/c14-10-4-5-11-8(6-10)2-1-3-9(11)7-18-20-12(19)13(15,16)17/h1-6,18H,7H2. The molecule has 0 atom stereocenters. The molecule has 0 fully saturated rings. The van der Waals surface area contributed by atoms with Crippen LogP contribution in [0, 0.1) is 0 Å². The fourth-order valence-corrected chi connectivity index (χ4v) is 1.89. The van der Waals surface area contributed by atoms with E-state index in [9.17, 15) is 18.0 Å². The number of hydrogen-bond donors (Lipinski definition) is 1. The van der Waals surface area contributed by atoms with Crippen LogP contribution in [0.1, 0.15) is 5.56 Å². The summed E-state index contributed by atoms with van der Waals surface area (Å²) in [5.41, 5.74) is 2.70. The average Bonchev–Trinajstić information content (AvgIpc) is 2.37. The lowest BCUT2D eigenvalue weighted by Crippen LogP contribution is -2.31. The Balaban J connectivity index is 2.09. The molecule has 0 amide bonds. The van der Waals surface area contributed by atoms with Gasteiger partial charge in [0.15, 0.2) is 0 Å². The first kappa shape index (κ1) is 14.6. The second kappa shape index (κ2) is 5.68. The van der Waals surface area contributed by atoms with Crippen LogP contribution in [0.3, 0.4) is 0 Å². The predicted octanol–water partition coefficient (Wildman–Crippen LogP) is 3.60. The summed E-state index contributed by atoms with van der Waals surface area (Å²) in [7, 11) is 0. The van der Waals surface area contributed by atoms with Crippen molar-refractivity contribution in [2.45, 2.75) is 12.7 Å². The monoisotopic (exact) mass is 303 g/mol. The molecule has 3 nitrogen and oxygen atoms in total. The highest BCUT2D eigenvalue weighted by Crippen LogP contribution is 2.22. The van der Waals surface area contributed by atoms with Crippen LogP contribution in [0.15, 0.2) is 36.4 Å². The third-order valence-corrected chi connectivity index (χ3v) is 2.83. The largest absolute Gasteiger partial charge is 0.492 e. The number of rotatable bonds is 3.